The van der Waals surface area contributed by atoms with E-state index in [9.17, 15) is 0 Å². The van der Waals surface area contributed by atoms with Crippen molar-refractivity contribution in [3.63, 3.8) is 0 Å². The van der Waals surface area contributed by atoms with Crippen molar-refractivity contribution in [1.82, 2.24) is 5.32 Å². The number of nitrogens with one attached hydrogen (secondary N) is 1. The van der Waals surface area contributed by atoms with E-state index in [4.69, 9.17) is 0 Å². The second-order valence-corrected chi connectivity index (χ2v) is 6.19. The van der Waals surface area contributed by atoms with Crippen LogP contribution in [0.2, 0.25) is 0 Å². The lowest BCUT2D eigenvalue weighted by molar-refractivity contribution is -1.00. The fraction of sp³-hybridized carbons (Fsp3) is 1.00. The van der Waals surface area contributed by atoms with Gasteiger partial charge >= 0.3 is 0 Å². The van der Waals surface area contributed by atoms with E-state index in [2.05, 4.69) is 46.9 Å². The normalized spacial score (nSPS) is 23.5. The molecule has 0 aromatic carbocycles. The summed E-state index contributed by atoms with van der Waals surface area (Å²) in [6.45, 7) is 17.7. The molecule has 1 heterocycles. The highest BCUT2D eigenvalue weighted by Crippen LogP contribution is 2.35. The molecule has 0 aromatic heterocycles. The lowest BCUT2D eigenvalue weighted by atomic mass is 9.91. The maximum Gasteiger partial charge on any atom is 0.133 e. The minimum Gasteiger partial charge on any atom is -0.302 e. The minimum atomic E-state index is 0.335. The van der Waals surface area contributed by atoms with Crippen LogP contribution in [0.25, 0.3) is 0 Å². The molecule has 2 heteroatoms. The maximum atomic E-state index is 3.50. The van der Waals surface area contributed by atoms with E-state index in [0.29, 0.717) is 11.1 Å². The minimum absolute atomic E-state index is 0.335. The van der Waals surface area contributed by atoms with Gasteiger partial charge < -0.3 is 4.48 Å². The van der Waals surface area contributed by atoms with Crippen LogP contribution in [-0.4, -0.2) is 35.3 Å². The molecule has 1 saturated heterocycles. The highest BCUT2D eigenvalue weighted by Gasteiger charge is 2.50. The zero-order valence-corrected chi connectivity index (χ0v) is 10.1. The summed E-state index contributed by atoms with van der Waals surface area (Å²) in [5, 5.41) is 3.50. The van der Waals surface area contributed by atoms with Crippen LogP contribution < -0.4 is 5.32 Å². The van der Waals surface area contributed by atoms with Crippen LogP contribution in [-0.2, 0) is 0 Å². The molecule has 0 unspecified atom stereocenters. The van der Waals surface area contributed by atoms with Crippen molar-refractivity contribution >= 4 is 0 Å². The maximum absolute atomic E-state index is 3.50. The Kier molecular flexibility index (Phi) is 2.50. The molecule has 13 heavy (non-hydrogen) atoms. The van der Waals surface area contributed by atoms with Crippen LogP contribution in [0, 0.1) is 0 Å². The zero-order valence-electron chi connectivity index (χ0n) is 10.1. The largest absolute Gasteiger partial charge is 0.302 e. The summed E-state index contributed by atoms with van der Waals surface area (Å²) in [5.41, 5.74) is 0.670. The highest BCUT2D eigenvalue weighted by atomic mass is 15.5. The van der Waals surface area contributed by atoms with Crippen molar-refractivity contribution in [3.05, 3.63) is 0 Å². The van der Waals surface area contributed by atoms with Gasteiger partial charge in [-0.1, -0.05) is 0 Å². The Labute approximate surface area is 82.9 Å². The van der Waals surface area contributed by atoms with Crippen LogP contribution in [0.1, 0.15) is 41.5 Å². The molecule has 78 valence electrons. The number of rotatable bonds is 0. The van der Waals surface area contributed by atoms with Gasteiger partial charge in [-0.25, -0.2) is 0 Å². The highest BCUT2D eigenvalue weighted by molar-refractivity contribution is 4.77. The Morgan fingerprint density at radius 3 is 1.54 bits per heavy atom. The lowest BCUT2D eigenvalue weighted by Crippen LogP contribution is -2.68. The molecular weight excluding hydrogens is 160 g/mol. The van der Waals surface area contributed by atoms with Gasteiger partial charge in [0.25, 0.3) is 0 Å². The molecule has 1 aliphatic rings. The molecule has 1 fully saturated rings. The summed E-state index contributed by atoms with van der Waals surface area (Å²) in [4.78, 5) is 0. The number of hydrogen-bond donors (Lipinski definition) is 1. The quantitative estimate of drug-likeness (QED) is 0.569. The first kappa shape index (κ1) is 11.0. The van der Waals surface area contributed by atoms with Crippen LogP contribution in [0.3, 0.4) is 0 Å². The average molecular weight is 185 g/mol. The van der Waals surface area contributed by atoms with E-state index in [0.717, 1.165) is 13.2 Å². The summed E-state index contributed by atoms with van der Waals surface area (Å²) in [6, 6.07) is 0. The van der Waals surface area contributed by atoms with Gasteiger partial charge in [-0.05, 0) is 41.5 Å². The van der Waals surface area contributed by atoms with Gasteiger partial charge in [0.2, 0.25) is 0 Å². The molecule has 0 saturated carbocycles. The molecule has 2 nitrogen and oxygen atoms in total. The Morgan fingerprint density at radius 1 is 0.923 bits per heavy atom. The molecule has 0 spiro atoms. The summed E-state index contributed by atoms with van der Waals surface area (Å²) >= 11 is 0. The third kappa shape index (κ3) is 1.62. The SMILES string of the molecule is CC(C)(C)[N+]1(C(C)(C)C)CCNC1. The second kappa shape index (κ2) is 2.96. The van der Waals surface area contributed by atoms with Gasteiger partial charge in [0.15, 0.2) is 0 Å². The summed E-state index contributed by atoms with van der Waals surface area (Å²) in [7, 11) is 0. The van der Waals surface area contributed by atoms with E-state index in [-0.39, 0.29) is 0 Å². The fourth-order valence-corrected chi connectivity index (χ4v) is 2.77. The smallest absolute Gasteiger partial charge is 0.133 e. The van der Waals surface area contributed by atoms with Crippen molar-refractivity contribution in [2.24, 2.45) is 0 Å². The van der Waals surface area contributed by atoms with Gasteiger partial charge in [-0.3, -0.25) is 5.32 Å². The van der Waals surface area contributed by atoms with Crippen LogP contribution >= 0.6 is 0 Å². The van der Waals surface area contributed by atoms with E-state index in [1.807, 2.05) is 0 Å². The first-order valence-electron chi connectivity index (χ1n) is 5.29. The van der Waals surface area contributed by atoms with E-state index in [1.54, 1.807) is 0 Å². The van der Waals surface area contributed by atoms with Crippen LogP contribution in [0.4, 0.5) is 0 Å². The van der Waals surface area contributed by atoms with E-state index < -0.39 is 0 Å². The second-order valence-electron chi connectivity index (χ2n) is 6.19. The fourth-order valence-electron chi connectivity index (χ4n) is 2.77. The van der Waals surface area contributed by atoms with Crippen molar-refractivity contribution in [3.8, 4) is 0 Å². The molecule has 0 atom stereocenters. The molecular formula is C11H25N2+. The molecule has 1 aliphatic heterocycles. The zero-order chi connectivity index (χ0) is 10.3. The van der Waals surface area contributed by atoms with Crippen LogP contribution in [0.5, 0.6) is 0 Å². The van der Waals surface area contributed by atoms with Gasteiger partial charge in [0.05, 0.1) is 17.6 Å². The Morgan fingerprint density at radius 2 is 1.38 bits per heavy atom. The van der Waals surface area contributed by atoms with Gasteiger partial charge in [0, 0.05) is 6.54 Å². The van der Waals surface area contributed by atoms with Gasteiger partial charge in [0.1, 0.15) is 6.67 Å². The van der Waals surface area contributed by atoms with E-state index in [1.165, 1.54) is 11.0 Å². The van der Waals surface area contributed by atoms with Crippen molar-refractivity contribution in [2.75, 3.05) is 19.8 Å². The molecule has 1 rings (SSSR count). The van der Waals surface area contributed by atoms with E-state index >= 15 is 0 Å². The average Bonchev–Trinajstić information content (AvgIpc) is 2.28. The first-order valence-corrected chi connectivity index (χ1v) is 5.29. The number of hydrogen-bond acceptors (Lipinski definition) is 1. The monoisotopic (exact) mass is 185 g/mol. The molecule has 0 bridgehead atoms. The Hall–Kier alpha value is -0.0800. The predicted octanol–water partition coefficient (Wildman–Crippen LogP) is 1.96. The topological polar surface area (TPSA) is 12.0 Å². The van der Waals surface area contributed by atoms with Crippen LogP contribution in [0.15, 0.2) is 0 Å². The summed E-state index contributed by atoms with van der Waals surface area (Å²) < 4.78 is 1.18. The third-order valence-electron chi connectivity index (χ3n) is 3.62. The molecule has 0 aromatic rings. The van der Waals surface area contributed by atoms with Gasteiger partial charge in [-0.2, -0.15) is 0 Å². The third-order valence-corrected chi connectivity index (χ3v) is 3.62. The molecule has 0 amide bonds. The number of quaternary nitrogens is 1. The molecule has 0 aliphatic carbocycles. The Bertz CT molecular complexity index is 161. The molecule has 0 radical (unpaired) electrons. The van der Waals surface area contributed by atoms with Crippen molar-refractivity contribution in [1.29, 1.82) is 0 Å². The summed E-state index contributed by atoms with van der Waals surface area (Å²) in [5.74, 6) is 0. The number of nitrogens with zero attached hydrogens (tertiary/aromatic N) is 1. The van der Waals surface area contributed by atoms with Crippen molar-refractivity contribution in [2.45, 2.75) is 52.6 Å². The summed E-state index contributed by atoms with van der Waals surface area (Å²) in [6.07, 6.45) is 0. The Balaban J connectivity index is 3.02. The molecule has 1 N–H and O–H groups in total. The lowest BCUT2D eigenvalue weighted by Gasteiger charge is -2.54. The predicted molar refractivity (Wildman–Crippen MR) is 57.5 cm³/mol. The standard InChI is InChI=1S/C11H25N2/c1-10(2,3)13(11(4,5)6)8-7-12-9-13/h12H,7-9H2,1-6H3/q+1. The van der Waals surface area contributed by atoms with Gasteiger partial charge in [-0.15, -0.1) is 0 Å². The first-order chi connectivity index (χ1) is 5.71. The van der Waals surface area contributed by atoms with Crippen molar-refractivity contribution < 1.29 is 4.48 Å².